The second-order valence-corrected chi connectivity index (χ2v) is 7.39. The van der Waals surface area contributed by atoms with E-state index in [9.17, 15) is 0 Å². The Morgan fingerprint density at radius 3 is 2.62 bits per heavy atom. The summed E-state index contributed by atoms with van der Waals surface area (Å²) in [4.78, 5) is 8.92. The molecule has 5 nitrogen and oxygen atoms in total. The Kier molecular flexibility index (Phi) is 6.95. The van der Waals surface area contributed by atoms with Gasteiger partial charge in [0, 0.05) is 24.6 Å². The molecule has 2 N–H and O–H groups in total. The van der Waals surface area contributed by atoms with Crippen molar-refractivity contribution in [3.63, 3.8) is 0 Å². The Balaban J connectivity index is 0.00000240. The molecule has 1 fully saturated rings. The zero-order valence-electron chi connectivity index (χ0n) is 17.0. The number of halogens is 1. The first kappa shape index (κ1) is 21.4. The lowest BCUT2D eigenvalue weighted by Gasteiger charge is -2.11. The van der Waals surface area contributed by atoms with Gasteiger partial charge in [-0.2, -0.15) is 0 Å². The smallest absolute Gasteiger partial charge is 0.226 e. The highest BCUT2D eigenvalue weighted by Gasteiger charge is 2.39. The molecule has 152 valence electrons. The third-order valence-corrected chi connectivity index (χ3v) is 5.21. The van der Waals surface area contributed by atoms with Crippen molar-refractivity contribution in [2.24, 2.45) is 4.99 Å². The number of nitrogens with zero attached hydrogens (tertiary/aromatic N) is 2. The summed E-state index contributed by atoms with van der Waals surface area (Å²) in [6, 6.07) is 17.2. The van der Waals surface area contributed by atoms with E-state index < -0.39 is 0 Å². The van der Waals surface area contributed by atoms with Gasteiger partial charge in [0.1, 0.15) is 6.26 Å². The minimum absolute atomic E-state index is 0. The summed E-state index contributed by atoms with van der Waals surface area (Å²) < 4.78 is 5.63. The highest BCUT2D eigenvalue weighted by Crippen LogP contribution is 2.42. The van der Waals surface area contributed by atoms with Gasteiger partial charge in [0.2, 0.25) is 5.89 Å². The molecule has 4 rings (SSSR count). The van der Waals surface area contributed by atoms with Crippen LogP contribution < -0.4 is 10.6 Å². The van der Waals surface area contributed by atoms with Gasteiger partial charge in [-0.3, -0.25) is 4.99 Å². The second-order valence-electron chi connectivity index (χ2n) is 7.39. The van der Waals surface area contributed by atoms with E-state index in [4.69, 9.17) is 4.42 Å². The van der Waals surface area contributed by atoms with E-state index >= 15 is 0 Å². The average Bonchev–Trinajstić information content (AvgIpc) is 3.30. The van der Waals surface area contributed by atoms with Gasteiger partial charge in [0.25, 0.3) is 0 Å². The van der Waals surface area contributed by atoms with Gasteiger partial charge in [-0.25, -0.2) is 4.98 Å². The van der Waals surface area contributed by atoms with Crippen LogP contribution in [-0.2, 0) is 6.54 Å². The Bertz CT molecular complexity index is 981. The van der Waals surface area contributed by atoms with Crippen LogP contribution in [0.3, 0.4) is 0 Å². The van der Waals surface area contributed by atoms with Crippen molar-refractivity contribution < 1.29 is 4.42 Å². The zero-order valence-corrected chi connectivity index (χ0v) is 19.3. The van der Waals surface area contributed by atoms with Crippen LogP contribution in [-0.4, -0.2) is 24.0 Å². The van der Waals surface area contributed by atoms with Gasteiger partial charge in [-0.05, 0) is 43.5 Å². The Hall–Kier alpha value is -2.35. The third kappa shape index (κ3) is 5.18. The molecule has 2 aromatic carbocycles. The summed E-state index contributed by atoms with van der Waals surface area (Å²) in [7, 11) is 1.79. The van der Waals surface area contributed by atoms with Crippen molar-refractivity contribution in [3.05, 3.63) is 77.2 Å². The van der Waals surface area contributed by atoms with Crippen molar-refractivity contribution in [3.8, 4) is 11.5 Å². The van der Waals surface area contributed by atoms with Crippen molar-refractivity contribution in [1.29, 1.82) is 0 Å². The van der Waals surface area contributed by atoms with Crippen LogP contribution in [0.25, 0.3) is 11.5 Å². The minimum atomic E-state index is 0. The molecule has 1 aromatic heterocycles. The molecule has 1 aliphatic carbocycles. The summed E-state index contributed by atoms with van der Waals surface area (Å²) >= 11 is 0. The molecule has 0 aliphatic heterocycles. The van der Waals surface area contributed by atoms with Gasteiger partial charge < -0.3 is 15.1 Å². The summed E-state index contributed by atoms with van der Waals surface area (Å²) in [6.45, 7) is 4.81. The van der Waals surface area contributed by atoms with Gasteiger partial charge >= 0.3 is 0 Å². The Morgan fingerprint density at radius 1 is 1.14 bits per heavy atom. The molecule has 0 amide bonds. The average molecular weight is 502 g/mol. The van der Waals surface area contributed by atoms with Crippen LogP contribution >= 0.6 is 24.0 Å². The van der Waals surface area contributed by atoms with Crippen molar-refractivity contribution >= 4 is 29.9 Å². The maximum atomic E-state index is 5.63. The van der Waals surface area contributed by atoms with Crippen LogP contribution in [0.15, 0.2) is 64.2 Å². The predicted molar refractivity (Wildman–Crippen MR) is 128 cm³/mol. The fourth-order valence-electron chi connectivity index (χ4n) is 3.46. The lowest BCUT2D eigenvalue weighted by Crippen LogP contribution is -2.38. The topological polar surface area (TPSA) is 62.5 Å². The quantitative estimate of drug-likeness (QED) is 0.299. The molecule has 1 heterocycles. The first-order valence-electron chi connectivity index (χ1n) is 9.68. The Labute approximate surface area is 189 Å². The molecule has 0 bridgehead atoms. The summed E-state index contributed by atoms with van der Waals surface area (Å²) in [5, 5.41) is 6.85. The summed E-state index contributed by atoms with van der Waals surface area (Å²) in [5.41, 5.74) is 5.83. The number of oxazole rings is 1. The standard InChI is InChI=1S/C23H26N4O.HI/c1-15-8-10-17(11-9-15)22-26-18(14-28-22)13-25-23(24-3)27-21-12-20(21)19-7-5-4-6-16(19)2;/h4-11,14,20-21H,12-13H2,1-3H3,(H2,24,25,27);1H. The van der Waals surface area contributed by atoms with Gasteiger partial charge in [-0.15, -0.1) is 24.0 Å². The molecule has 1 aliphatic rings. The van der Waals surface area contributed by atoms with Crippen molar-refractivity contribution in [1.82, 2.24) is 15.6 Å². The van der Waals surface area contributed by atoms with E-state index in [1.54, 1.807) is 13.3 Å². The van der Waals surface area contributed by atoms with Crippen LogP contribution in [0.4, 0.5) is 0 Å². The fraction of sp³-hybridized carbons (Fsp3) is 0.304. The van der Waals surface area contributed by atoms with E-state index in [0.29, 0.717) is 24.4 Å². The van der Waals surface area contributed by atoms with E-state index in [1.165, 1.54) is 16.7 Å². The first-order chi connectivity index (χ1) is 13.6. The fourth-order valence-corrected chi connectivity index (χ4v) is 3.46. The number of guanidine groups is 1. The number of hydrogen-bond acceptors (Lipinski definition) is 3. The monoisotopic (exact) mass is 502 g/mol. The van der Waals surface area contributed by atoms with Crippen molar-refractivity contribution in [2.45, 2.75) is 38.8 Å². The molecule has 0 spiro atoms. The number of aliphatic imine (C=N–C) groups is 1. The van der Waals surface area contributed by atoms with E-state index in [2.05, 4.69) is 70.9 Å². The van der Waals surface area contributed by atoms with Crippen LogP contribution in [0, 0.1) is 13.8 Å². The molecular formula is C23H27IN4O. The SMILES string of the molecule is CN=C(NCc1coc(-c2ccc(C)cc2)n1)NC1CC1c1ccccc1C.I. The lowest BCUT2D eigenvalue weighted by molar-refractivity contribution is 0.572. The molecule has 2 unspecified atom stereocenters. The molecule has 2 atom stereocenters. The number of hydrogen-bond donors (Lipinski definition) is 2. The summed E-state index contributed by atoms with van der Waals surface area (Å²) in [5.74, 6) is 1.99. The minimum Gasteiger partial charge on any atom is -0.444 e. The number of nitrogens with one attached hydrogen (secondary N) is 2. The summed E-state index contributed by atoms with van der Waals surface area (Å²) in [6.07, 6.45) is 2.83. The highest BCUT2D eigenvalue weighted by atomic mass is 127. The van der Waals surface area contributed by atoms with E-state index in [0.717, 1.165) is 23.6 Å². The normalized spacial score (nSPS) is 18.1. The van der Waals surface area contributed by atoms with Crippen LogP contribution in [0.2, 0.25) is 0 Å². The molecule has 3 aromatic rings. The zero-order chi connectivity index (χ0) is 19.5. The van der Waals surface area contributed by atoms with E-state index in [-0.39, 0.29) is 24.0 Å². The Morgan fingerprint density at radius 2 is 1.90 bits per heavy atom. The molecular weight excluding hydrogens is 475 g/mol. The van der Waals surface area contributed by atoms with Gasteiger partial charge in [0.15, 0.2) is 5.96 Å². The number of benzene rings is 2. The van der Waals surface area contributed by atoms with Crippen molar-refractivity contribution in [2.75, 3.05) is 7.05 Å². The van der Waals surface area contributed by atoms with Crippen LogP contribution in [0.5, 0.6) is 0 Å². The molecule has 6 heteroatoms. The maximum Gasteiger partial charge on any atom is 0.226 e. The number of aryl methyl sites for hydroxylation is 2. The third-order valence-electron chi connectivity index (χ3n) is 5.21. The second kappa shape index (κ2) is 9.43. The van der Waals surface area contributed by atoms with Gasteiger partial charge in [-0.1, -0.05) is 42.0 Å². The first-order valence-corrected chi connectivity index (χ1v) is 9.68. The number of rotatable bonds is 5. The van der Waals surface area contributed by atoms with E-state index in [1.807, 2.05) is 12.1 Å². The molecule has 29 heavy (non-hydrogen) atoms. The lowest BCUT2D eigenvalue weighted by atomic mass is 10.0. The molecule has 0 saturated heterocycles. The van der Waals surface area contributed by atoms with Gasteiger partial charge in [0.05, 0.1) is 12.2 Å². The molecule has 0 radical (unpaired) electrons. The number of aromatic nitrogens is 1. The van der Waals surface area contributed by atoms with Crippen LogP contribution in [0.1, 0.15) is 34.7 Å². The predicted octanol–water partition coefficient (Wildman–Crippen LogP) is 4.80. The maximum absolute atomic E-state index is 5.63. The highest BCUT2D eigenvalue weighted by molar-refractivity contribution is 14.0. The largest absolute Gasteiger partial charge is 0.444 e. The molecule has 1 saturated carbocycles.